The Morgan fingerprint density at radius 2 is 2.13 bits per heavy atom. The fourth-order valence-corrected chi connectivity index (χ4v) is 2.28. The van der Waals surface area contributed by atoms with Crippen LogP contribution >= 0.6 is 11.6 Å². The molecule has 0 N–H and O–H groups in total. The number of aryl methyl sites for hydroxylation is 1. The highest BCUT2D eigenvalue weighted by molar-refractivity contribution is 6.30. The van der Waals surface area contributed by atoms with Crippen molar-refractivity contribution in [2.24, 2.45) is 0 Å². The molecule has 1 aromatic heterocycles. The average molecular weight is 341 g/mol. The Bertz CT molecular complexity index is 710. The third kappa shape index (κ3) is 4.63. The van der Waals surface area contributed by atoms with Crippen LogP contribution in [0.1, 0.15) is 21.5 Å². The van der Waals surface area contributed by atoms with E-state index in [4.69, 9.17) is 11.6 Å². The number of hydrogen-bond donors (Lipinski definition) is 0. The number of pyridine rings is 1. The van der Waals surface area contributed by atoms with Gasteiger partial charge in [0.2, 0.25) is 5.88 Å². The molecule has 122 valence electrons. The largest absolute Gasteiger partial charge is 0.416 e. The maximum absolute atomic E-state index is 12.5. The molecule has 0 aliphatic heterocycles. The zero-order valence-electron chi connectivity index (χ0n) is 12.6. The van der Waals surface area contributed by atoms with E-state index in [1.807, 2.05) is 31.2 Å². The standard InChI is InChI=1S/C16H15ClF2N2O2/c1-10-4-3-5-11(6-10)9-21(2)15(22)13-7-12(17)8-20-14(13)23-16(18)19/h3-8,16H,9H2,1-2H3. The lowest BCUT2D eigenvalue weighted by molar-refractivity contribution is -0.0533. The molecular weight excluding hydrogens is 326 g/mol. The molecule has 2 rings (SSSR count). The van der Waals surface area contributed by atoms with E-state index < -0.39 is 18.4 Å². The molecule has 1 aromatic carbocycles. The summed E-state index contributed by atoms with van der Waals surface area (Å²) in [6, 6.07) is 8.91. The van der Waals surface area contributed by atoms with Gasteiger partial charge in [-0.1, -0.05) is 41.4 Å². The van der Waals surface area contributed by atoms with Gasteiger partial charge in [0.1, 0.15) is 5.56 Å². The minimum absolute atomic E-state index is 0.104. The van der Waals surface area contributed by atoms with Crippen LogP contribution < -0.4 is 4.74 Å². The molecule has 0 aliphatic rings. The fourth-order valence-electron chi connectivity index (χ4n) is 2.12. The van der Waals surface area contributed by atoms with Crippen molar-refractivity contribution in [2.75, 3.05) is 7.05 Å². The van der Waals surface area contributed by atoms with Crippen molar-refractivity contribution in [2.45, 2.75) is 20.1 Å². The Labute approximate surface area is 137 Å². The lowest BCUT2D eigenvalue weighted by Gasteiger charge is -2.19. The van der Waals surface area contributed by atoms with E-state index in [0.29, 0.717) is 6.54 Å². The van der Waals surface area contributed by atoms with Crippen molar-refractivity contribution in [3.05, 3.63) is 58.2 Å². The first-order valence-electron chi connectivity index (χ1n) is 6.78. The van der Waals surface area contributed by atoms with E-state index in [1.54, 1.807) is 7.05 Å². The minimum atomic E-state index is -3.07. The molecule has 23 heavy (non-hydrogen) atoms. The van der Waals surface area contributed by atoms with Gasteiger partial charge < -0.3 is 9.64 Å². The summed E-state index contributed by atoms with van der Waals surface area (Å²) in [5.74, 6) is -0.942. The smallest absolute Gasteiger partial charge is 0.388 e. The van der Waals surface area contributed by atoms with Crippen molar-refractivity contribution < 1.29 is 18.3 Å². The molecule has 0 aliphatic carbocycles. The number of rotatable bonds is 5. The van der Waals surface area contributed by atoms with Crippen molar-refractivity contribution in [3.63, 3.8) is 0 Å². The molecule has 0 spiro atoms. The molecule has 0 radical (unpaired) electrons. The van der Waals surface area contributed by atoms with Gasteiger partial charge in [0.25, 0.3) is 5.91 Å². The number of aromatic nitrogens is 1. The summed E-state index contributed by atoms with van der Waals surface area (Å²) in [7, 11) is 1.57. The van der Waals surface area contributed by atoms with Crippen molar-refractivity contribution in [1.82, 2.24) is 9.88 Å². The second-order valence-corrected chi connectivity index (χ2v) is 5.47. The first-order chi connectivity index (χ1) is 10.9. The lowest BCUT2D eigenvalue weighted by Crippen LogP contribution is -2.27. The predicted octanol–water partition coefficient (Wildman–Crippen LogP) is 3.92. The summed E-state index contributed by atoms with van der Waals surface area (Å²) < 4.78 is 29.2. The molecule has 1 amide bonds. The summed E-state index contributed by atoms with van der Waals surface area (Å²) in [6.45, 7) is -0.806. The van der Waals surface area contributed by atoms with Crippen LogP contribution in [0.25, 0.3) is 0 Å². The van der Waals surface area contributed by atoms with Crippen LogP contribution in [0, 0.1) is 6.92 Å². The van der Waals surface area contributed by atoms with Gasteiger partial charge >= 0.3 is 6.61 Å². The van der Waals surface area contributed by atoms with Gasteiger partial charge in [-0.05, 0) is 18.6 Å². The van der Waals surface area contributed by atoms with Crippen LogP contribution in [0.2, 0.25) is 5.02 Å². The molecule has 7 heteroatoms. The third-order valence-corrected chi connectivity index (χ3v) is 3.30. The monoisotopic (exact) mass is 340 g/mol. The van der Waals surface area contributed by atoms with Gasteiger partial charge in [0.15, 0.2) is 0 Å². The van der Waals surface area contributed by atoms with Gasteiger partial charge in [-0.3, -0.25) is 4.79 Å². The van der Waals surface area contributed by atoms with E-state index in [0.717, 1.165) is 17.3 Å². The van der Waals surface area contributed by atoms with E-state index in [9.17, 15) is 13.6 Å². The summed E-state index contributed by atoms with van der Waals surface area (Å²) in [4.78, 5) is 17.5. The quantitative estimate of drug-likeness (QED) is 0.828. The van der Waals surface area contributed by atoms with Gasteiger partial charge in [-0.25, -0.2) is 4.98 Å². The van der Waals surface area contributed by atoms with Crippen molar-refractivity contribution >= 4 is 17.5 Å². The van der Waals surface area contributed by atoms with Crippen LogP contribution in [0.4, 0.5) is 8.78 Å². The van der Waals surface area contributed by atoms with Crippen LogP contribution in [-0.2, 0) is 6.54 Å². The van der Waals surface area contributed by atoms with E-state index >= 15 is 0 Å². The summed E-state index contributed by atoms with van der Waals surface area (Å²) in [6.07, 6.45) is 1.15. The normalized spacial score (nSPS) is 10.7. The predicted molar refractivity (Wildman–Crippen MR) is 82.9 cm³/mol. The highest BCUT2D eigenvalue weighted by Gasteiger charge is 2.21. The number of carbonyl (C=O) groups is 1. The number of ether oxygens (including phenoxy) is 1. The second-order valence-electron chi connectivity index (χ2n) is 5.04. The summed E-state index contributed by atoms with van der Waals surface area (Å²) in [5, 5.41) is 0.166. The Morgan fingerprint density at radius 1 is 1.39 bits per heavy atom. The molecule has 0 bridgehead atoms. The maximum Gasteiger partial charge on any atom is 0.388 e. The molecule has 0 unspecified atom stereocenters. The maximum atomic E-state index is 12.5. The number of benzene rings is 1. The molecule has 4 nitrogen and oxygen atoms in total. The summed E-state index contributed by atoms with van der Waals surface area (Å²) >= 11 is 5.81. The van der Waals surface area contributed by atoms with Crippen LogP contribution in [0.5, 0.6) is 5.88 Å². The van der Waals surface area contributed by atoms with Crippen molar-refractivity contribution in [3.8, 4) is 5.88 Å². The first kappa shape index (κ1) is 17.1. The average Bonchev–Trinajstić information content (AvgIpc) is 2.48. The first-order valence-corrected chi connectivity index (χ1v) is 7.16. The fraction of sp³-hybridized carbons (Fsp3) is 0.250. The highest BCUT2D eigenvalue weighted by Crippen LogP contribution is 2.23. The zero-order chi connectivity index (χ0) is 17.0. The Kier molecular flexibility index (Phi) is 5.50. The molecule has 0 atom stereocenters. The van der Waals surface area contributed by atoms with Gasteiger partial charge in [0, 0.05) is 19.8 Å². The number of amides is 1. The molecule has 0 fully saturated rings. The number of alkyl halides is 2. The van der Waals surface area contributed by atoms with Crippen LogP contribution in [0.3, 0.4) is 0 Å². The van der Waals surface area contributed by atoms with E-state index in [1.165, 1.54) is 11.0 Å². The highest BCUT2D eigenvalue weighted by atomic mass is 35.5. The number of hydrogen-bond acceptors (Lipinski definition) is 3. The Morgan fingerprint density at radius 3 is 2.78 bits per heavy atom. The zero-order valence-corrected chi connectivity index (χ0v) is 13.3. The topological polar surface area (TPSA) is 42.4 Å². The van der Waals surface area contributed by atoms with Crippen LogP contribution in [-0.4, -0.2) is 29.5 Å². The van der Waals surface area contributed by atoms with Crippen LogP contribution in [0.15, 0.2) is 36.5 Å². The van der Waals surface area contributed by atoms with E-state index in [-0.39, 0.29) is 10.6 Å². The molecule has 1 heterocycles. The van der Waals surface area contributed by atoms with Gasteiger partial charge in [-0.2, -0.15) is 8.78 Å². The number of nitrogens with zero attached hydrogens (tertiary/aromatic N) is 2. The van der Waals surface area contributed by atoms with Gasteiger partial charge in [0.05, 0.1) is 5.02 Å². The minimum Gasteiger partial charge on any atom is -0.416 e. The number of carbonyl (C=O) groups excluding carboxylic acids is 1. The Balaban J connectivity index is 2.23. The van der Waals surface area contributed by atoms with E-state index in [2.05, 4.69) is 9.72 Å². The molecular formula is C16H15ClF2N2O2. The summed E-state index contributed by atoms with van der Waals surface area (Å²) in [5.41, 5.74) is 1.88. The molecule has 2 aromatic rings. The SMILES string of the molecule is Cc1cccc(CN(C)C(=O)c2cc(Cl)cnc2OC(F)F)c1. The second kappa shape index (κ2) is 7.37. The lowest BCUT2D eigenvalue weighted by atomic mass is 10.1. The Hall–Kier alpha value is -2.21. The third-order valence-electron chi connectivity index (χ3n) is 3.10. The molecule has 0 saturated heterocycles. The van der Waals surface area contributed by atoms with Crippen molar-refractivity contribution in [1.29, 1.82) is 0 Å². The van der Waals surface area contributed by atoms with Gasteiger partial charge in [-0.15, -0.1) is 0 Å². The molecule has 0 saturated carbocycles. The number of halogens is 3.